The van der Waals surface area contributed by atoms with Crippen molar-refractivity contribution in [3.63, 3.8) is 0 Å². The molecular formula is C9H15ClN2O3. The van der Waals surface area contributed by atoms with Crippen LogP contribution < -0.4 is 16.5 Å². The van der Waals surface area contributed by atoms with E-state index in [-0.39, 0.29) is 6.10 Å². The summed E-state index contributed by atoms with van der Waals surface area (Å²) in [5.41, 5.74) is 0. The highest BCUT2D eigenvalue weighted by Gasteiger charge is 2.02. The summed E-state index contributed by atoms with van der Waals surface area (Å²) in [5, 5.41) is 7.19. The molecule has 0 aliphatic carbocycles. The highest BCUT2D eigenvalue weighted by atomic mass is 35.5. The zero-order valence-corrected chi connectivity index (χ0v) is 9.15. The summed E-state index contributed by atoms with van der Waals surface area (Å²) < 4.78 is 5.45. The number of halogens is 1. The van der Waals surface area contributed by atoms with Crippen molar-refractivity contribution >= 4 is 11.6 Å². The van der Waals surface area contributed by atoms with Crippen molar-refractivity contribution in [3.05, 3.63) is 29.3 Å². The third-order valence-corrected chi connectivity index (χ3v) is 1.73. The van der Waals surface area contributed by atoms with Gasteiger partial charge in [-0.25, -0.2) is 11.8 Å². The highest BCUT2D eigenvalue weighted by molar-refractivity contribution is 6.30. The van der Waals surface area contributed by atoms with Gasteiger partial charge in [0.2, 0.25) is 0 Å². The molecule has 15 heavy (non-hydrogen) atoms. The largest absolute Gasteiger partial charge is 0.488 e. The fraction of sp³-hybridized carbons (Fsp3) is 0.333. The Morgan fingerprint density at radius 1 is 1.33 bits per heavy atom. The highest BCUT2D eigenvalue weighted by Crippen LogP contribution is 2.16. The minimum atomic E-state index is -0.0637. The molecule has 0 aromatic heterocycles. The molecule has 5 N–H and O–H groups in total. The van der Waals surface area contributed by atoms with E-state index in [9.17, 15) is 0 Å². The van der Waals surface area contributed by atoms with E-state index in [1.807, 2.05) is 6.92 Å². The van der Waals surface area contributed by atoms with Crippen molar-refractivity contribution in [1.29, 1.82) is 0 Å². The lowest BCUT2D eigenvalue weighted by atomic mass is 10.3. The van der Waals surface area contributed by atoms with Gasteiger partial charge in [-0.05, 0) is 31.2 Å². The summed E-state index contributed by atoms with van der Waals surface area (Å²) in [6.45, 7) is 2.24. The lowest BCUT2D eigenvalue weighted by Crippen LogP contribution is -2.21. The van der Waals surface area contributed by atoms with Gasteiger partial charge in [-0.1, -0.05) is 11.6 Å². The average Bonchev–Trinajstić information content (AvgIpc) is 2.25. The van der Waals surface area contributed by atoms with Crippen LogP contribution in [0.4, 0.5) is 0 Å². The van der Waals surface area contributed by atoms with Gasteiger partial charge < -0.3 is 14.8 Å². The molecule has 0 amide bonds. The lowest BCUT2D eigenvalue weighted by Gasteiger charge is -2.12. The van der Waals surface area contributed by atoms with Crippen molar-refractivity contribution in [2.75, 3.05) is 6.61 Å². The lowest BCUT2D eigenvalue weighted by molar-refractivity contribution is 0.0589. The molecular weight excluding hydrogens is 220 g/mol. The number of nitrogens with two attached hydrogens (primary N) is 2. The van der Waals surface area contributed by atoms with Crippen LogP contribution in [0.3, 0.4) is 0 Å². The van der Waals surface area contributed by atoms with Gasteiger partial charge in [-0.2, -0.15) is 0 Å². The van der Waals surface area contributed by atoms with E-state index in [0.29, 0.717) is 11.6 Å². The van der Waals surface area contributed by atoms with Crippen LogP contribution in [0.2, 0.25) is 5.02 Å². The van der Waals surface area contributed by atoms with Crippen LogP contribution in [-0.4, -0.2) is 17.9 Å². The predicted octanol–water partition coefficient (Wildman–Crippen LogP) is 1.33. The van der Waals surface area contributed by atoms with Gasteiger partial charge in [0.15, 0.2) is 0 Å². The van der Waals surface area contributed by atoms with Gasteiger partial charge in [-0.15, -0.1) is 0 Å². The van der Waals surface area contributed by atoms with Gasteiger partial charge in [0.1, 0.15) is 18.5 Å². The quantitative estimate of drug-likeness (QED) is 0.684. The van der Waals surface area contributed by atoms with Crippen molar-refractivity contribution in [3.8, 4) is 5.75 Å². The molecule has 0 radical (unpaired) electrons. The summed E-state index contributed by atoms with van der Waals surface area (Å²) in [6.07, 6.45) is -0.0637. The SMILES string of the molecule is CC(CON)Oc1ccc(Cl)cc1.NO. The zero-order valence-electron chi connectivity index (χ0n) is 8.39. The molecule has 0 saturated carbocycles. The number of rotatable bonds is 4. The maximum atomic E-state index is 6.50. The predicted molar refractivity (Wildman–Crippen MR) is 57.7 cm³/mol. The van der Waals surface area contributed by atoms with E-state index in [0.717, 1.165) is 5.75 Å². The molecule has 0 fully saturated rings. The fourth-order valence-corrected chi connectivity index (χ4v) is 1.04. The molecule has 0 aliphatic rings. The fourth-order valence-electron chi connectivity index (χ4n) is 0.915. The summed E-state index contributed by atoms with van der Waals surface area (Å²) in [4.78, 5) is 4.45. The van der Waals surface area contributed by atoms with Crippen LogP contribution in [0.1, 0.15) is 6.92 Å². The summed E-state index contributed by atoms with van der Waals surface area (Å²) in [5.74, 6) is 9.16. The second kappa shape index (κ2) is 8.46. The van der Waals surface area contributed by atoms with Gasteiger partial charge in [0.05, 0.1) is 0 Å². The Labute approximate surface area is 93.4 Å². The molecule has 5 nitrogen and oxygen atoms in total. The van der Waals surface area contributed by atoms with Gasteiger partial charge in [0, 0.05) is 5.02 Å². The molecule has 6 heteroatoms. The second-order valence-corrected chi connectivity index (χ2v) is 3.15. The number of ether oxygens (including phenoxy) is 1. The summed E-state index contributed by atoms with van der Waals surface area (Å²) >= 11 is 5.71. The normalized spacial score (nSPS) is 11.3. The van der Waals surface area contributed by atoms with Gasteiger partial charge in [0.25, 0.3) is 0 Å². The maximum Gasteiger partial charge on any atom is 0.121 e. The molecule has 86 valence electrons. The molecule has 0 aliphatic heterocycles. The van der Waals surface area contributed by atoms with E-state index < -0.39 is 0 Å². The topological polar surface area (TPSA) is 90.7 Å². The number of benzene rings is 1. The van der Waals surface area contributed by atoms with Crippen LogP contribution in [0.5, 0.6) is 5.75 Å². The summed E-state index contributed by atoms with van der Waals surface area (Å²) in [7, 11) is 0. The molecule has 0 heterocycles. The molecule has 0 spiro atoms. The summed E-state index contributed by atoms with van der Waals surface area (Å²) in [6, 6.07) is 7.14. The van der Waals surface area contributed by atoms with E-state index in [1.54, 1.807) is 24.3 Å². The molecule has 1 unspecified atom stereocenters. The van der Waals surface area contributed by atoms with Crippen molar-refractivity contribution < 1.29 is 14.8 Å². The standard InChI is InChI=1S/C9H12ClNO2.H3NO/c1-7(6-12-11)13-9-4-2-8(10)3-5-9;1-2/h2-5,7H,6,11H2,1H3;2H,1H2. The van der Waals surface area contributed by atoms with E-state index >= 15 is 0 Å². The Morgan fingerprint density at radius 2 is 1.87 bits per heavy atom. The van der Waals surface area contributed by atoms with Crippen LogP contribution in [-0.2, 0) is 4.84 Å². The van der Waals surface area contributed by atoms with E-state index in [4.69, 9.17) is 27.4 Å². The van der Waals surface area contributed by atoms with Crippen LogP contribution >= 0.6 is 11.6 Å². The first-order valence-corrected chi connectivity index (χ1v) is 4.60. The number of hydrogen-bond acceptors (Lipinski definition) is 5. The van der Waals surface area contributed by atoms with Gasteiger partial charge in [-0.3, -0.25) is 0 Å². The molecule has 1 aromatic carbocycles. The van der Waals surface area contributed by atoms with E-state index in [1.165, 1.54) is 0 Å². The number of hydrogen-bond donors (Lipinski definition) is 3. The van der Waals surface area contributed by atoms with Crippen molar-refractivity contribution in [2.24, 2.45) is 11.8 Å². The van der Waals surface area contributed by atoms with Crippen LogP contribution in [0.25, 0.3) is 0 Å². The van der Waals surface area contributed by atoms with Crippen molar-refractivity contribution in [2.45, 2.75) is 13.0 Å². The Balaban J connectivity index is 0.000000921. The minimum Gasteiger partial charge on any atom is -0.488 e. The third-order valence-electron chi connectivity index (χ3n) is 1.48. The first kappa shape index (κ1) is 14.2. The first-order valence-electron chi connectivity index (χ1n) is 4.22. The van der Waals surface area contributed by atoms with E-state index in [2.05, 4.69) is 10.7 Å². The maximum absolute atomic E-state index is 6.50. The Bertz CT molecular complexity index is 256. The average molecular weight is 235 g/mol. The van der Waals surface area contributed by atoms with Crippen molar-refractivity contribution in [1.82, 2.24) is 0 Å². The Hall–Kier alpha value is -0.850. The smallest absolute Gasteiger partial charge is 0.121 e. The van der Waals surface area contributed by atoms with Crippen LogP contribution in [0.15, 0.2) is 24.3 Å². The van der Waals surface area contributed by atoms with Gasteiger partial charge >= 0.3 is 0 Å². The molecule has 1 atom stereocenters. The monoisotopic (exact) mass is 234 g/mol. The molecule has 0 saturated heterocycles. The first-order chi connectivity index (χ1) is 7.22. The van der Waals surface area contributed by atoms with Crippen LogP contribution in [0, 0.1) is 0 Å². The third kappa shape index (κ3) is 6.27. The zero-order chi connectivity index (χ0) is 11.7. The Kier molecular flexibility index (Phi) is 7.98. The second-order valence-electron chi connectivity index (χ2n) is 2.72. The minimum absolute atomic E-state index is 0.0637. The molecule has 1 rings (SSSR count). The Morgan fingerprint density at radius 3 is 2.33 bits per heavy atom. The molecule has 0 bridgehead atoms. The molecule has 1 aromatic rings.